The number of rotatable bonds is 1. The molecule has 1 saturated heterocycles. The van der Waals surface area contributed by atoms with E-state index in [1.807, 2.05) is 12.1 Å². The minimum absolute atomic E-state index is 0.0101. The number of nitrogens with zero attached hydrogens (tertiary/aromatic N) is 2. The minimum atomic E-state index is -0.262. The van der Waals surface area contributed by atoms with Crippen LogP contribution in [0.3, 0.4) is 0 Å². The molecule has 0 bridgehead atoms. The molecule has 1 aromatic rings. The maximum atomic E-state index is 9.08. The van der Waals surface area contributed by atoms with E-state index in [4.69, 9.17) is 50.1 Å². The second-order valence-corrected chi connectivity index (χ2v) is 4.96. The van der Waals surface area contributed by atoms with Crippen molar-refractivity contribution in [3.05, 3.63) is 31.8 Å². The zero-order valence-electron chi connectivity index (χ0n) is 9.14. The van der Waals surface area contributed by atoms with Gasteiger partial charge in [-0.25, -0.2) is 0 Å². The van der Waals surface area contributed by atoms with E-state index in [0.29, 0.717) is 12.2 Å². The van der Waals surface area contributed by atoms with Crippen molar-refractivity contribution >= 4 is 34.8 Å². The van der Waals surface area contributed by atoms with E-state index in [0.717, 1.165) is 12.8 Å². The molecule has 1 atom stereocenters. The second-order valence-electron chi connectivity index (χ2n) is 3.83. The third kappa shape index (κ3) is 2.05. The summed E-state index contributed by atoms with van der Waals surface area (Å²) in [7, 11) is 0. The molecule has 0 aromatic heterocycles. The molecule has 92 valence electrons. The van der Waals surface area contributed by atoms with Crippen LogP contribution in [0.4, 0.5) is 0 Å². The van der Waals surface area contributed by atoms with E-state index in [2.05, 4.69) is 0 Å². The van der Waals surface area contributed by atoms with Gasteiger partial charge in [-0.2, -0.15) is 10.5 Å². The van der Waals surface area contributed by atoms with Gasteiger partial charge in [0.15, 0.2) is 0 Å². The predicted molar refractivity (Wildman–Crippen MR) is 68.8 cm³/mol. The number of halogens is 3. The van der Waals surface area contributed by atoms with Gasteiger partial charge < -0.3 is 4.74 Å². The van der Waals surface area contributed by atoms with Gasteiger partial charge in [0.2, 0.25) is 0 Å². The van der Waals surface area contributed by atoms with Crippen LogP contribution < -0.4 is 0 Å². The zero-order chi connectivity index (χ0) is 13.3. The number of nitriles is 2. The largest absolute Gasteiger partial charge is 0.373 e. The highest BCUT2D eigenvalue weighted by Crippen LogP contribution is 2.44. The predicted octanol–water partition coefficient (Wildman–Crippen LogP) is 4.24. The molecular weight excluding hydrogens is 295 g/mol. The minimum Gasteiger partial charge on any atom is -0.373 e. The van der Waals surface area contributed by atoms with Crippen LogP contribution in [-0.4, -0.2) is 6.61 Å². The molecule has 0 saturated carbocycles. The maximum absolute atomic E-state index is 9.08. The highest BCUT2D eigenvalue weighted by molar-refractivity contribution is 6.45. The van der Waals surface area contributed by atoms with E-state index >= 15 is 0 Å². The SMILES string of the molecule is N#Cc1c(Cl)c(Cl)c(C2CCCO2)c(Cl)c1C#N. The summed E-state index contributed by atoms with van der Waals surface area (Å²) in [6.45, 7) is 0.622. The highest BCUT2D eigenvalue weighted by atomic mass is 35.5. The smallest absolute Gasteiger partial charge is 0.102 e. The van der Waals surface area contributed by atoms with Crippen molar-refractivity contribution in [3.63, 3.8) is 0 Å². The summed E-state index contributed by atoms with van der Waals surface area (Å²) in [6, 6.07) is 3.74. The summed E-state index contributed by atoms with van der Waals surface area (Å²) in [4.78, 5) is 0. The molecule has 2 rings (SSSR count). The molecule has 1 aliphatic heterocycles. The summed E-state index contributed by atoms with van der Waals surface area (Å²) in [5, 5.41) is 18.5. The molecular formula is C12H7Cl3N2O. The summed E-state index contributed by atoms with van der Waals surface area (Å²) in [5.41, 5.74) is 0.575. The van der Waals surface area contributed by atoms with Crippen molar-refractivity contribution in [3.8, 4) is 12.1 Å². The normalized spacial score (nSPS) is 18.4. The molecule has 0 aliphatic carbocycles. The van der Waals surface area contributed by atoms with Crippen molar-refractivity contribution in [1.82, 2.24) is 0 Å². The summed E-state index contributed by atoms with van der Waals surface area (Å²) >= 11 is 18.3. The molecule has 0 N–H and O–H groups in total. The van der Waals surface area contributed by atoms with E-state index in [1.165, 1.54) is 0 Å². The van der Waals surface area contributed by atoms with Crippen LogP contribution in [0.1, 0.15) is 35.6 Å². The Morgan fingerprint density at radius 2 is 1.61 bits per heavy atom. The third-order valence-electron chi connectivity index (χ3n) is 2.83. The van der Waals surface area contributed by atoms with Gasteiger partial charge >= 0.3 is 0 Å². The van der Waals surface area contributed by atoms with Crippen LogP contribution in [-0.2, 0) is 4.74 Å². The first-order valence-corrected chi connectivity index (χ1v) is 6.37. The van der Waals surface area contributed by atoms with Gasteiger partial charge in [-0.05, 0) is 12.8 Å². The summed E-state index contributed by atoms with van der Waals surface area (Å²) < 4.78 is 5.51. The Morgan fingerprint density at radius 3 is 2.11 bits per heavy atom. The molecule has 0 radical (unpaired) electrons. The average molecular weight is 302 g/mol. The number of ether oxygens (including phenoxy) is 1. The second kappa shape index (κ2) is 5.34. The first-order chi connectivity index (χ1) is 8.61. The number of hydrogen-bond acceptors (Lipinski definition) is 3. The maximum Gasteiger partial charge on any atom is 0.102 e. The molecule has 0 spiro atoms. The number of hydrogen-bond donors (Lipinski definition) is 0. The van der Waals surface area contributed by atoms with E-state index in [1.54, 1.807) is 0 Å². The van der Waals surface area contributed by atoms with E-state index in [-0.39, 0.29) is 32.3 Å². The Bertz CT molecular complexity index is 581. The van der Waals surface area contributed by atoms with Gasteiger partial charge in [-0.3, -0.25) is 0 Å². The van der Waals surface area contributed by atoms with Crippen molar-refractivity contribution in [1.29, 1.82) is 10.5 Å². The van der Waals surface area contributed by atoms with Crippen LogP contribution in [0.5, 0.6) is 0 Å². The van der Waals surface area contributed by atoms with Gasteiger partial charge in [0.05, 0.1) is 32.3 Å². The molecule has 3 nitrogen and oxygen atoms in total. The fourth-order valence-electron chi connectivity index (χ4n) is 1.98. The van der Waals surface area contributed by atoms with Crippen molar-refractivity contribution in [2.24, 2.45) is 0 Å². The summed E-state index contributed by atoms with van der Waals surface area (Å²) in [6.07, 6.45) is 1.41. The van der Waals surface area contributed by atoms with Gasteiger partial charge in [-0.1, -0.05) is 34.8 Å². The van der Waals surface area contributed by atoms with E-state index in [9.17, 15) is 0 Å². The van der Waals surface area contributed by atoms with Crippen LogP contribution in [0.25, 0.3) is 0 Å². The standard InChI is InChI=1S/C12H7Cl3N2O/c13-10-6(4-16)7(5-17)11(14)12(15)9(10)8-2-1-3-18-8/h8H,1-3H2. The Hall–Kier alpha value is -0.970. The molecule has 0 amide bonds. The molecule has 1 fully saturated rings. The quantitative estimate of drug-likeness (QED) is 0.729. The Morgan fingerprint density at radius 1 is 1.00 bits per heavy atom. The first-order valence-electron chi connectivity index (χ1n) is 5.24. The Balaban J connectivity index is 2.72. The highest BCUT2D eigenvalue weighted by Gasteiger charge is 2.28. The van der Waals surface area contributed by atoms with Crippen LogP contribution in [0.15, 0.2) is 0 Å². The lowest BCUT2D eigenvalue weighted by Crippen LogP contribution is -2.02. The molecule has 1 heterocycles. The average Bonchev–Trinajstić information content (AvgIpc) is 2.87. The fourth-order valence-corrected chi connectivity index (χ4v) is 2.93. The van der Waals surface area contributed by atoms with Gasteiger partial charge in [0, 0.05) is 12.2 Å². The number of benzene rings is 1. The van der Waals surface area contributed by atoms with Crippen molar-refractivity contribution < 1.29 is 4.74 Å². The van der Waals surface area contributed by atoms with Crippen molar-refractivity contribution in [2.45, 2.75) is 18.9 Å². The molecule has 1 aliphatic rings. The van der Waals surface area contributed by atoms with Crippen LogP contribution in [0, 0.1) is 22.7 Å². The molecule has 1 unspecified atom stereocenters. The molecule has 1 aromatic carbocycles. The third-order valence-corrected chi connectivity index (χ3v) is 4.09. The van der Waals surface area contributed by atoms with Crippen LogP contribution >= 0.6 is 34.8 Å². The Labute approximate surface area is 119 Å². The zero-order valence-corrected chi connectivity index (χ0v) is 11.4. The van der Waals surface area contributed by atoms with Gasteiger partial charge in [0.1, 0.15) is 12.1 Å². The van der Waals surface area contributed by atoms with Crippen LogP contribution in [0.2, 0.25) is 15.1 Å². The van der Waals surface area contributed by atoms with Crippen molar-refractivity contribution in [2.75, 3.05) is 6.61 Å². The topological polar surface area (TPSA) is 56.8 Å². The Kier molecular flexibility index (Phi) is 4.00. The van der Waals surface area contributed by atoms with E-state index < -0.39 is 0 Å². The molecule has 18 heavy (non-hydrogen) atoms. The van der Waals surface area contributed by atoms with Gasteiger partial charge in [0.25, 0.3) is 0 Å². The first kappa shape index (κ1) is 13.5. The summed E-state index contributed by atoms with van der Waals surface area (Å²) in [5.74, 6) is 0. The van der Waals surface area contributed by atoms with Gasteiger partial charge in [-0.15, -0.1) is 0 Å². The lowest BCUT2D eigenvalue weighted by Gasteiger charge is -2.16. The lowest BCUT2D eigenvalue weighted by atomic mass is 10.00. The molecule has 6 heteroatoms. The fraction of sp³-hybridized carbons (Fsp3) is 0.333. The lowest BCUT2D eigenvalue weighted by molar-refractivity contribution is 0.112. The monoisotopic (exact) mass is 300 g/mol.